The van der Waals surface area contributed by atoms with Gasteiger partial charge in [0.05, 0.1) is 5.56 Å². The van der Waals surface area contributed by atoms with E-state index in [0.717, 1.165) is 44.0 Å². The van der Waals surface area contributed by atoms with Gasteiger partial charge in [0.25, 0.3) is 0 Å². The van der Waals surface area contributed by atoms with Crippen LogP contribution < -0.4 is 10.6 Å². The Morgan fingerprint density at radius 1 is 1.15 bits per heavy atom. The number of hydrogen-bond donors (Lipinski definition) is 2. The highest BCUT2D eigenvalue weighted by Gasteiger charge is 2.33. The molecule has 1 aromatic carbocycles. The average molecular weight is 498 g/mol. The van der Waals surface area contributed by atoms with Crippen molar-refractivity contribution in [3.8, 4) is 0 Å². The molecule has 0 spiro atoms. The summed E-state index contributed by atoms with van der Waals surface area (Å²) in [6.07, 6.45) is -2.20. The van der Waals surface area contributed by atoms with Gasteiger partial charge in [-0.3, -0.25) is 9.89 Å². The SMILES string of the molecule is CCNC(=NCC1CCCN(C)C1c1ccc(C(F)(F)F)cc1)NCC.I. The fourth-order valence-electron chi connectivity index (χ4n) is 3.56. The fourth-order valence-corrected chi connectivity index (χ4v) is 3.56. The number of nitrogens with zero attached hydrogens (tertiary/aromatic N) is 2. The van der Waals surface area contributed by atoms with Crippen LogP contribution in [0.1, 0.15) is 43.9 Å². The molecule has 2 rings (SSSR count). The lowest BCUT2D eigenvalue weighted by atomic mass is 9.84. The lowest BCUT2D eigenvalue weighted by molar-refractivity contribution is -0.137. The minimum atomic E-state index is -4.30. The number of benzene rings is 1. The number of halogens is 4. The summed E-state index contributed by atoms with van der Waals surface area (Å²) in [5, 5.41) is 6.43. The van der Waals surface area contributed by atoms with Crippen LogP contribution in [-0.2, 0) is 6.18 Å². The van der Waals surface area contributed by atoms with Crippen molar-refractivity contribution in [3.05, 3.63) is 35.4 Å². The second-order valence-corrected chi connectivity index (χ2v) is 6.70. The highest BCUT2D eigenvalue weighted by Crippen LogP contribution is 2.37. The van der Waals surface area contributed by atoms with Crippen LogP contribution in [0, 0.1) is 5.92 Å². The summed E-state index contributed by atoms with van der Waals surface area (Å²) < 4.78 is 38.5. The summed E-state index contributed by atoms with van der Waals surface area (Å²) >= 11 is 0. The van der Waals surface area contributed by atoms with Crippen molar-refractivity contribution in [1.82, 2.24) is 15.5 Å². The fraction of sp³-hybridized carbons (Fsp3) is 0.632. The van der Waals surface area contributed by atoms with Crippen molar-refractivity contribution >= 4 is 29.9 Å². The summed E-state index contributed by atoms with van der Waals surface area (Å²) in [6, 6.07) is 5.67. The molecule has 1 saturated heterocycles. The lowest BCUT2D eigenvalue weighted by Gasteiger charge is -2.39. The van der Waals surface area contributed by atoms with Crippen LogP contribution in [0.15, 0.2) is 29.3 Å². The van der Waals surface area contributed by atoms with E-state index in [9.17, 15) is 13.2 Å². The van der Waals surface area contributed by atoms with Crippen molar-refractivity contribution in [2.45, 2.75) is 38.9 Å². The second-order valence-electron chi connectivity index (χ2n) is 6.70. The van der Waals surface area contributed by atoms with E-state index in [1.54, 1.807) is 12.1 Å². The smallest absolute Gasteiger partial charge is 0.357 e. The first kappa shape index (κ1) is 24.0. The van der Waals surface area contributed by atoms with Gasteiger partial charge in [0.2, 0.25) is 0 Å². The molecule has 2 N–H and O–H groups in total. The number of aliphatic imine (C=N–C) groups is 1. The zero-order valence-corrected chi connectivity index (χ0v) is 18.5. The van der Waals surface area contributed by atoms with E-state index in [1.807, 2.05) is 20.9 Å². The largest absolute Gasteiger partial charge is 0.416 e. The van der Waals surface area contributed by atoms with Crippen molar-refractivity contribution in [2.24, 2.45) is 10.9 Å². The summed E-state index contributed by atoms with van der Waals surface area (Å²) in [7, 11) is 2.04. The predicted octanol–water partition coefficient (Wildman–Crippen LogP) is 4.28. The quantitative estimate of drug-likeness (QED) is 0.362. The van der Waals surface area contributed by atoms with Gasteiger partial charge in [0, 0.05) is 25.7 Å². The van der Waals surface area contributed by atoms with Crippen LogP contribution >= 0.6 is 24.0 Å². The molecular formula is C19H30F3IN4. The summed E-state index contributed by atoms with van der Waals surface area (Å²) in [4.78, 5) is 6.91. The third-order valence-corrected chi connectivity index (χ3v) is 4.76. The van der Waals surface area contributed by atoms with E-state index in [0.29, 0.717) is 6.54 Å². The first-order chi connectivity index (χ1) is 12.4. The maximum atomic E-state index is 12.8. The molecule has 4 nitrogen and oxygen atoms in total. The number of guanidine groups is 1. The molecule has 0 radical (unpaired) electrons. The molecule has 8 heteroatoms. The number of hydrogen-bond acceptors (Lipinski definition) is 2. The van der Waals surface area contributed by atoms with Gasteiger partial charge in [0.15, 0.2) is 5.96 Å². The van der Waals surface area contributed by atoms with Crippen LogP contribution in [0.3, 0.4) is 0 Å². The topological polar surface area (TPSA) is 39.7 Å². The van der Waals surface area contributed by atoms with E-state index in [1.165, 1.54) is 12.1 Å². The number of piperidine rings is 1. The summed E-state index contributed by atoms with van der Waals surface area (Å²) in [6.45, 7) is 7.21. The molecule has 2 unspecified atom stereocenters. The lowest BCUT2D eigenvalue weighted by Crippen LogP contribution is -2.40. The molecule has 2 atom stereocenters. The monoisotopic (exact) mass is 498 g/mol. The molecule has 1 aromatic rings. The molecule has 1 fully saturated rings. The van der Waals surface area contributed by atoms with Crippen molar-refractivity contribution in [2.75, 3.05) is 33.2 Å². The molecule has 0 bridgehead atoms. The van der Waals surface area contributed by atoms with Gasteiger partial charge in [0.1, 0.15) is 0 Å². The Morgan fingerprint density at radius 2 is 1.74 bits per heavy atom. The number of likely N-dealkylation sites (tertiary alicyclic amines) is 1. The van der Waals surface area contributed by atoms with Crippen molar-refractivity contribution in [1.29, 1.82) is 0 Å². The van der Waals surface area contributed by atoms with Gasteiger partial charge in [-0.1, -0.05) is 12.1 Å². The van der Waals surface area contributed by atoms with Crippen LogP contribution in [-0.4, -0.2) is 44.1 Å². The van der Waals surface area contributed by atoms with E-state index < -0.39 is 11.7 Å². The van der Waals surface area contributed by atoms with E-state index >= 15 is 0 Å². The number of alkyl halides is 3. The highest BCUT2D eigenvalue weighted by atomic mass is 127. The van der Waals surface area contributed by atoms with Gasteiger partial charge in [-0.25, -0.2) is 0 Å². The second kappa shape index (κ2) is 11.1. The zero-order chi connectivity index (χ0) is 19.2. The van der Waals surface area contributed by atoms with Gasteiger partial charge < -0.3 is 10.6 Å². The Hall–Kier alpha value is -1.03. The molecule has 0 aromatic heterocycles. The predicted molar refractivity (Wildman–Crippen MR) is 115 cm³/mol. The molecule has 1 heterocycles. The Bertz CT molecular complexity index is 582. The number of nitrogens with one attached hydrogen (secondary N) is 2. The molecule has 27 heavy (non-hydrogen) atoms. The van der Waals surface area contributed by atoms with Gasteiger partial charge in [-0.2, -0.15) is 13.2 Å². The Balaban J connectivity index is 0.00000364. The van der Waals surface area contributed by atoms with Crippen LogP contribution in [0.2, 0.25) is 0 Å². The maximum Gasteiger partial charge on any atom is 0.416 e. The zero-order valence-electron chi connectivity index (χ0n) is 16.1. The molecule has 1 aliphatic rings. The first-order valence-electron chi connectivity index (χ1n) is 9.26. The summed E-state index contributed by atoms with van der Waals surface area (Å²) in [5.41, 5.74) is 0.324. The number of rotatable bonds is 5. The van der Waals surface area contributed by atoms with Gasteiger partial charge in [-0.15, -0.1) is 24.0 Å². The standard InChI is InChI=1S/C19H29F3N4.HI/c1-4-23-18(24-5-2)25-13-15-7-6-12-26(3)17(15)14-8-10-16(11-9-14)19(20,21)22;/h8-11,15,17H,4-7,12-13H2,1-3H3,(H2,23,24,25);1H. The molecule has 1 aliphatic heterocycles. The highest BCUT2D eigenvalue weighted by molar-refractivity contribution is 14.0. The molecule has 154 valence electrons. The van der Waals surface area contributed by atoms with Gasteiger partial charge in [-0.05, 0) is 63.9 Å². The maximum absolute atomic E-state index is 12.8. The molecule has 0 saturated carbocycles. The molecule has 0 amide bonds. The van der Waals surface area contributed by atoms with Crippen LogP contribution in [0.5, 0.6) is 0 Å². The van der Waals surface area contributed by atoms with E-state index in [4.69, 9.17) is 0 Å². The third kappa shape index (κ3) is 6.81. The van der Waals surface area contributed by atoms with E-state index in [-0.39, 0.29) is 35.9 Å². The normalized spacial score (nSPS) is 20.5. The van der Waals surface area contributed by atoms with E-state index in [2.05, 4.69) is 20.5 Å². The minimum Gasteiger partial charge on any atom is -0.357 e. The minimum absolute atomic E-state index is 0. The first-order valence-corrected chi connectivity index (χ1v) is 9.26. The third-order valence-electron chi connectivity index (χ3n) is 4.76. The van der Waals surface area contributed by atoms with Crippen LogP contribution in [0.4, 0.5) is 13.2 Å². The molecular weight excluding hydrogens is 468 g/mol. The van der Waals surface area contributed by atoms with Crippen LogP contribution in [0.25, 0.3) is 0 Å². The molecule has 0 aliphatic carbocycles. The van der Waals surface area contributed by atoms with Gasteiger partial charge >= 0.3 is 6.18 Å². The van der Waals surface area contributed by atoms with Crippen molar-refractivity contribution in [3.63, 3.8) is 0 Å². The van der Waals surface area contributed by atoms with Crippen molar-refractivity contribution < 1.29 is 13.2 Å². The Labute approximate surface area is 177 Å². The summed E-state index contributed by atoms with van der Waals surface area (Å²) in [5.74, 6) is 1.06. The Morgan fingerprint density at radius 3 is 2.26 bits per heavy atom. The average Bonchev–Trinajstić information content (AvgIpc) is 2.59. The Kier molecular flexibility index (Phi) is 9.86.